The Kier molecular flexibility index (Phi) is 6.27. The number of morpholine rings is 1. The van der Waals surface area contributed by atoms with E-state index >= 15 is 0 Å². The number of methoxy groups -OCH3 is 2. The van der Waals surface area contributed by atoms with Gasteiger partial charge < -0.3 is 24.4 Å². The summed E-state index contributed by atoms with van der Waals surface area (Å²) in [5.41, 5.74) is 1.44. The lowest BCUT2D eigenvalue weighted by molar-refractivity contribution is 0.0595. The van der Waals surface area contributed by atoms with Crippen molar-refractivity contribution in [2.75, 3.05) is 50.7 Å². The number of carbonyl (C=O) groups excluding carboxylic acids is 3. The Bertz CT molecular complexity index is 888. The van der Waals surface area contributed by atoms with E-state index in [0.717, 1.165) is 30.1 Å². The van der Waals surface area contributed by atoms with Crippen molar-refractivity contribution in [3.8, 4) is 0 Å². The molecule has 1 fully saturated rings. The van der Waals surface area contributed by atoms with Crippen LogP contribution in [0.4, 0.5) is 11.4 Å². The molecule has 9 heteroatoms. The van der Waals surface area contributed by atoms with Crippen LogP contribution in [0.1, 0.15) is 29.7 Å². The summed E-state index contributed by atoms with van der Waals surface area (Å²) >= 11 is 1.01. The smallest absolute Gasteiger partial charge is 0.348 e. The van der Waals surface area contributed by atoms with Gasteiger partial charge in [0.2, 0.25) is 0 Å². The van der Waals surface area contributed by atoms with Gasteiger partial charge in [-0.25, -0.2) is 9.59 Å². The highest BCUT2D eigenvalue weighted by atomic mass is 32.1. The summed E-state index contributed by atoms with van der Waals surface area (Å²) < 4.78 is 14.9. The first-order valence-electron chi connectivity index (χ1n) is 8.58. The summed E-state index contributed by atoms with van der Waals surface area (Å²) in [6, 6.07) is 8.26. The van der Waals surface area contributed by atoms with Gasteiger partial charge in [-0.3, -0.25) is 4.79 Å². The Morgan fingerprint density at radius 2 is 1.68 bits per heavy atom. The molecule has 1 aromatic heterocycles. The molecular formula is C19H20N2O6S. The minimum atomic E-state index is -0.549. The van der Waals surface area contributed by atoms with Gasteiger partial charge in [0.1, 0.15) is 4.88 Å². The Morgan fingerprint density at radius 3 is 2.36 bits per heavy atom. The van der Waals surface area contributed by atoms with Gasteiger partial charge in [-0.15, -0.1) is 11.3 Å². The third-order valence-corrected chi connectivity index (χ3v) is 5.31. The van der Waals surface area contributed by atoms with Gasteiger partial charge in [0.15, 0.2) is 0 Å². The number of benzene rings is 1. The average molecular weight is 404 g/mol. The van der Waals surface area contributed by atoms with Gasteiger partial charge in [0.25, 0.3) is 5.91 Å². The number of hydrogen-bond donors (Lipinski definition) is 1. The number of thiophene rings is 1. The lowest BCUT2D eigenvalue weighted by atomic mass is 10.1. The van der Waals surface area contributed by atoms with Gasteiger partial charge in [-0.1, -0.05) is 0 Å². The molecule has 1 N–H and O–H groups in total. The van der Waals surface area contributed by atoms with E-state index in [1.165, 1.54) is 26.4 Å². The van der Waals surface area contributed by atoms with Crippen LogP contribution >= 0.6 is 11.3 Å². The molecule has 0 unspecified atom stereocenters. The second kappa shape index (κ2) is 8.85. The number of carbonyl (C=O) groups is 3. The standard InChI is InChI=1S/C19H20N2O6S/c1-25-18(23)13-11-12(21-7-9-27-10-8-21)3-4-14(13)20-17(22)15-5-6-16(28-15)19(24)26-2/h3-6,11H,7-10H2,1-2H3,(H,20,22). The molecule has 0 atom stereocenters. The summed E-state index contributed by atoms with van der Waals surface area (Å²) in [6.45, 7) is 2.68. The Balaban J connectivity index is 1.83. The number of esters is 2. The van der Waals surface area contributed by atoms with E-state index < -0.39 is 17.8 Å². The lowest BCUT2D eigenvalue weighted by Crippen LogP contribution is -2.36. The fraction of sp³-hybridized carbons (Fsp3) is 0.316. The maximum Gasteiger partial charge on any atom is 0.348 e. The number of rotatable bonds is 5. The molecule has 0 radical (unpaired) electrons. The molecule has 0 spiro atoms. The molecule has 0 aliphatic carbocycles. The van der Waals surface area contributed by atoms with Crippen LogP contribution in [0.5, 0.6) is 0 Å². The highest BCUT2D eigenvalue weighted by molar-refractivity contribution is 7.16. The molecule has 8 nitrogen and oxygen atoms in total. The predicted molar refractivity (Wildman–Crippen MR) is 104 cm³/mol. The largest absolute Gasteiger partial charge is 0.465 e. The van der Waals surface area contributed by atoms with Gasteiger partial charge >= 0.3 is 11.9 Å². The van der Waals surface area contributed by atoms with Crippen LogP contribution in [0.2, 0.25) is 0 Å². The first kappa shape index (κ1) is 19.8. The van der Waals surface area contributed by atoms with Gasteiger partial charge in [0, 0.05) is 18.8 Å². The second-order valence-electron chi connectivity index (χ2n) is 5.93. The zero-order valence-electron chi connectivity index (χ0n) is 15.5. The Hall–Kier alpha value is -2.91. The molecule has 2 heterocycles. The van der Waals surface area contributed by atoms with E-state index in [0.29, 0.717) is 28.7 Å². The Morgan fingerprint density at radius 1 is 1.00 bits per heavy atom. The summed E-state index contributed by atoms with van der Waals surface area (Å²) in [7, 11) is 2.57. The van der Waals surface area contributed by atoms with Crippen molar-refractivity contribution in [1.82, 2.24) is 0 Å². The number of anilines is 2. The molecule has 1 aliphatic heterocycles. The van der Waals surface area contributed by atoms with Crippen molar-refractivity contribution in [2.45, 2.75) is 0 Å². The third-order valence-electron chi connectivity index (χ3n) is 4.25. The number of hydrogen-bond acceptors (Lipinski definition) is 8. The second-order valence-corrected chi connectivity index (χ2v) is 7.01. The highest BCUT2D eigenvalue weighted by Crippen LogP contribution is 2.26. The first-order chi connectivity index (χ1) is 13.5. The van der Waals surface area contributed by atoms with Crippen molar-refractivity contribution >= 4 is 40.6 Å². The van der Waals surface area contributed by atoms with E-state index in [-0.39, 0.29) is 5.56 Å². The fourth-order valence-corrected chi connectivity index (χ4v) is 3.61. The molecule has 1 aliphatic rings. The van der Waals surface area contributed by atoms with Crippen LogP contribution in [-0.2, 0) is 14.2 Å². The molecular weight excluding hydrogens is 384 g/mol. The molecule has 0 saturated carbocycles. The first-order valence-corrected chi connectivity index (χ1v) is 9.39. The average Bonchev–Trinajstić information content (AvgIpc) is 3.24. The predicted octanol–water partition coefficient (Wildman–Crippen LogP) is 2.41. The van der Waals surface area contributed by atoms with Crippen LogP contribution in [0.25, 0.3) is 0 Å². The van der Waals surface area contributed by atoms with Crippen LogP contribution in [0.15, 0.2) is 30.3 Å². The molecule has 3 rings (SSSR count). The van der Waals surface area contributed by atoms with Crippen molar-refractivity contribution in [2.24, 2.45) is 0 Å². The van der Waals surface area contributed by atoms with E-state index in [9.17, 15) is 14.4 Å². The topological polar surface area (TPSA) is 94.2 Å². The van der Waals surface area contributed by atoms with Crippen molar-refractivity contribution < 1.29 is 28.6 Å². The minimum Gasteiger partial charge on any atom is -0.465 e. The monoisotopic (exact) mass is 404 g/mol. The van der Waals surface area contributed by atoms with Crippen LogP contribution in [0.3, 0.4) is 0 Å². The third kappa shape index (κ3) is 4.32. The zero-order chi connectivity index (χ0) is 20.1. The summed E-state index contributed by atoms with van der Waals surface area (Å²) in [4.78, 5) is 39.1. The van der Waals surface area contributed by atoms with Crippen LogP contribution < -0.4 is 10.2 Å². The highest BCUT2D eigenvalue weighted by Gasteiger charge is 2.20. The molecule has 1 amide bonds. The number of nitrogens with zero attached hydrogens (tertiary/aromatic N) is 1. The maximum absolute atomic E-state index is 12.6. The van der Waals surface area contributed by atoms with Gasteiger partial charge in [0.05, 0.1) is 43.6 Å². The van der Waals surface area contributed by atoms with E-state index in [2.05, 4.69) is 15.0 Å². The molecule has 1 aromatic carbocycles. The number of ether oxygens (including phenoxy) is 3. The summed E-state index contributed by atoms with van der Waals surface area (Å²) in [6.07, 6.45) is 0. The van der Waals surface area contributed by atoms with Gasteiger partial charge in [-0.2, -0.15) is 0 Å². The summed E-state index contributed by atoms with van der Waals surface area (Å²) in [5.74, 6) is -1.48. The maximum atomic E-state index is 12.6. The zero-order valence-corrected chi connectivity index (χ0v) is 16.3. The molecule has 148 valence electrons. The molecule has 1 saturated heterocycles. The molecule has 2 aromatic rings. The fourth-order valence-electron chi connectivity index (χ4n) is 2.79. The number of nitrogens with one attached hydrogen (secondary N) is 1. The van der Waals surface area contributed by atoms with Crippen molar-refractivity contribution in [3.05, 3.63) is 45.6 Å². The Labute approximate surface area is 166 Å². The van der Waals surface area contributed by atoms with Crippen molar-refractivity contribution in [1.29, 1.82) is 0 Å². The molecule has 28 heavy (non-hydrogen) atoms. The van der Waals surface area contributed by atoms with Crippen LogP contribution in [0, 0.1) is 0 Å². The van der Waals surface area contributed by atoms with E-state index in [1.807, 2.05) is 6.07 Å². The lowest BCUT2D eigenvalue weighted by Gasteiger charge is -2.29. The quantitative estimate of drug-likeness (QED) is 0.765. The number of amides is 1. The molecule has 0 bridgehead atoms. The SMILES string of the molecule is COC(=O)c1ccc(C(=O)Nc2ccc(N3CCOCC3)cc2C(=O)OC)s1. The normalized spacial score (nSPS) is 13.7. The minimum absolute atomic E-state index is 0.254. The van der Waals surface area contributed by atoms with E-state index in [1.54, 1.807) is 12.1 Å². The van der Waals surface area contributed by atoms with Crippen molar-refractivity contribution in [3.63, 3.8) is 0 Å². The summed E-state index contributed by atoms with van der Waals surface area (Å²) in [5, 5.41) is 2.72. The van der Waals surface area contributed by atoms with E-state index in [4.69, 9.17) is 9.47 Å². The van der Waals surface area contributed by atoms with Crippen LogP contribution in [-0.4, -0.2) is 58.4 Å². The van der Waals surface area contributed by atoms with Gasteiger partial charge in [-0.05, 0) is 30.3 Å².